The van der Waals surface area contributed by atoms with Gasteiger partial charge in [0.25, 0.3) is 0 Å². The molecule has 1 heterocycles. The van der Waals surface area contributed by atoms with E-state index in [1.54, 1.807) is 0 Å². The molecule has 1 fully saturated rings. The fourth-order valence-electron chi connectivity index (χ4n) is 3.84. The van der Waals surface area contributed by atoms with E-state index in [0.717, 1.165) is 18.3 Å². The minimum atomic E-state index is 0.607. The molecule has 1 saturated carbocycles. The lowest BCUT2D eigenvalue weighted by atomic mass is 9.83. The first-order chi connectivity index (χ1) is 9.38. The molecule has 1 aromatic rings. The molecule has 19 heavy (non-hydrogen) atoms. The third-order valence-electron chi connectivity index (χ3n) is 4.92. The lowest BCUT2D eigenvalue weighted by Crippen LogP contribution is -2.33. The van der Waals surface area contributed by atoms with Gasteiger partial charge in [0.05, 0.1) is 6.61 Å². The second-order valence-corrected chi connectivity index (χ2v) is 6.07. The van der Waals surface area contributed by atoms with Crippen LogP contribution in [0.3, 0.4) is 0 Å². The van der Waals surface area contributed by atoms with Gasteiger partial charge in [-0.25, -0.2) is 0 Å². The number of fused-ring (bicyclic) bond motifs is 1. The van der Waals surface area contributed by atoms with E-state index >= 15 is 0 Å². The normalized spacial score (nSPS) is 30.5. The van der Waals surface area contributed by atoms with E-state index in [1.807, 2.05) is 0 Å². The van der Waals surface area contributed by atoms with Gasteiger partial charge in [-0.05, 0) is 38.3 Å². The lowest BCUT2D eigenvalue weighted by Gasteiger charge is -2.27. The second-order valence-electron chi connectivity index (χ2n) is 6.07. The van der Waals surface area contributed by atoms with Crippen molar-refractivity contribution >= 4 is 0 Å². The molecule has 2 aliphatic rings. The predicted molar refractivity (Wildman–Crippen MR) is 78.7 cm³/mol. The zero-order valence-electron chi connectivity index (χ0n) is 11.9. The first kappa shape index (κ1) is 13.0. The Balaban J connectivity index is 1.70. The molecule has 0 amide bonds. The van der Waals surface area contributed by atoms with Gasteiger partial charge in [-0.15, -0.1) is 0 Å². The summed E-state index contributed by atoms with van der Waals surface area (Å²) in [5.74, 6) is 2.53. The van der Waals surface area contributed by atoms with Crippen molar-refractivity contribution in [3.05, 3.63) is 29.8 Å². The molecule has 1 N–H and O–H groups in total. The molecule has 3 atom stereocenters. The highest BCUT2D eigenvalue weighted by Crippen LogP contribution is 2.39. The highest BCUT2D eigenvalue weighted by Gasteiger charge is 2.30. The van der Waals surface area contributed by atoms with Crippen molar-refractivity contribution < 1.29 is 4.74 Å². The standard InChI is InChI=1S/C17H25NO/c1-18-16-9-4-2-3-7-13(16)11-14-12-19-17-10-6-5-8-15(14)17/h5-6,8,10,13-14,16,18H,2-4,7,9,11-12H2,1H3. The van der Waals surface area contributed by atoms with Crippen LogP contribution >= 0.6 is 0 Å². The highest BCUT2D eigenvalue weighted by atomic mass is 16.5. The van der Waals surface area contributed by atoms with E-state index < -0.39 is 0 Å². The summed E-state index contributed by atoms with van der Waals surface area (Å²) in [6, 6.07) is 9.28. The van der Waals surface area contributed by atoms with Gasteiger partial charge in [0, 0.05) is 17.5 Å². The molecule has 2 heteroatoms. The van der Waals surface area contributed by atoms with E-state index in [-0.39, 0.29) is 0 Å². The molecule has 1 aliphatic carbocycles. The summed E-state index contributed by atoms with van der Waals surface area (Å²) in [4.78, 5) is 0. The Morgan fingerprint density at radius 2 is 2.00 bits per heavy atom. The topological polar surface area (TPSA) is 21.3 Å². The minimum Gasteiger partial charge on any atom is -0.493 e. The number of hydrogen-bond acceptors (Lipinski definition) is 2. The molecule has 104 valence electrons. The molecule has 3 unspecified atom stereocenters. The first-order valence-corrected chi connectivity index (χ1v) is 7.77. The zero-order valence-corrected chi connectivity index (χ0v) is 11.9. The fourth-order valence-corrected chi connectivity index (χ4v) is 3.84. The van der Waals surface area contributed by atoms with Gasteiger partial charge in [0.15, 0.2) is 0 Å². The quantitative estimate of drug-likeness (QED) is 0.835. The van der Waals surface area contributed by atoms with Gasteiger partial charge in [-0.3, -0.25) is 0 Å². The molecule has 0 spiro atoms. The van der Waals surface area contributed by atoms with E-state index in [4.69, 9.17) is 4.74 Å². The Kier molecular flexibility index (Phi) is 4.07. The maximum atomic E-state index is 5.83. The van der Waals surface area contributed by atoms with Crippen LogP contribution in [0.15, 0.2) is 24.3 Å². The second kappa shape index (κ2) is 5.96. The molecule has 1 aromatic carbocycles. The van der Waals surface area contributed by atoms with Crippen LogP contribution in [0.4, 0.5) is 0 Å². The molecule has 0 aromatic heterocycles. The molecular formula is C17H25NO. The molecule has 0 bridgehead atoms. The molecule has 3 rings (SSSR count). The van der Waals surface area contributed by atoms with Gasteiger partial charge in [-0.1, -0.05) is 37.5 Å². The van der Waals surface area contributed by atoms with Crippen LogP contribution in [0, 0.1) is 5.92 Å². The van der Waals surface area contributed by atoms with Crippen molar-refractivity contribution in [1.82, 2.24) is 5.32 Å². The first-order valence-electron chi connectivity index (χ1n) is 7.77. The minimum absolute atomic E-state index is 0.607. The summed E-state index contributed by atoms with van der Waals surface area (Å²) in [5.41, 5.74) is 1.43. The Morgan fingerprint density at radius 1 is 1.16 bits per heavy atom. The van der Waals surface area contributed by atoms with E-state index in [0.29, 0.717) is 12.0 Å². The van der Waals surface area contributed by atoms with Crippen LogP contribution in [0.5, 0.6) is 5.75 Å². The maximum absolute atomic E-state index is 5.83. The fraction of sp³-hybridized carbons (Fsp3) is 0.647. The third-order valence-corrected chi connectivity index (χ3v) is 4.92. The average Bonchev–Trinajstić information content (AvgIpc) is 2.71. The number of ether oxygens (including phenoxy) is 1. The zero-order chi connectivity index (χ0) is 13.1. The molecule has 0 saturated heterocycles. The predicted octanol–water partition coefficient (Wildman–Crippen LogP) is 3.72. The lowest BCUT2D eigenvalue weighted by molar-refractivity contribution is 0.270. The summed E-state index contributed by atoms with van der Waals surface area (Å²) < 4.78 is 5.83. The van der Waals surface area contributed by atoms with Gasteiger partial charge in [0.1, 0.15) is 5.75 Å². The van der Waals surface area contributed by atoms with E-state index in [2.05, 4.69) is 36.6 Å². The number of para-hydroxylation sites is 1. The Labute approximate surface area is 116 Å². The highest BCUT2D eigenvalue weighted by molar-refractivity contribution is 5.39. The van der Waals surface area contributed by atoms with E-state index in [9.17, 15) is 0 Å². The monoisotopic (exact) mass is 259 g/mol. The van der Waals surface area contributed by atoms with Gasteiger partial charge < -0.3 is 10.1 Å². The number of nitrogens with one attached hydrogen (secondary N) is 1. The Hall–Kier alpha value is -1.02. The summed E-state index contributed by atoms with van der Waals surface area (Å²) in [7, 11) is 2.13. The average molecular weight is 259 g/mol. The largest absolute Gasteiger partial charge is 0.493 e. The number of rotatable bonds is 3. The van der Waals surface area contributed by atoms with Crippen molar-refractivity contribution in [3.8, 4) is 5.75 Å². The smallest absolute Gasteiger partial charge is 0.122 e. The van der Waals surface area contributed by atoms with Crippen LogP contribution in [0.25, 0.3) is 0 Å². The van der Waals surface area contributed by atoms with Crippen molar-refractivity contribution in [2.45, 2.75) is 50.5 Å². The van der Waals surface area contributed by atoms with Gasteiger partial charge in [-0.2, -0.15) is 0 Å². The van der Waals surface area contributed by atoms with Gasteiger partial charge >= 0.3 is 0 Å². The molecule has 2 nitrogen and oxygen atoms in total. The maximum Gasteiger partial charge on any atom is 0.122 e. The van der Waals surface area contributed by atoms with Crippen LogP contribution in [-0.4, -0.2) is 19.7 Å². The summed E-state index contributed by atoms with van der Waals surface area (Å²) in [6.07, 6.45) is 8.20. The Morgan fingerprint density at radius 3 is 2.89 bits per heavy atom. The van der Waals surface area contributed by atoms with Crippen LogP contribution in [-0.2, 0) is 0 Å². The van der Waals surface area contributed by atoms with Crippen molar-refractivity contribution in [3.63, 3.8) is 0 Å². The van der Waals surface area contributed by atoms with Crippen molar-refractivity contribution in [2.75, 3.05) is 13.7 Å². The third kappa shape index (κ3) is 2.79. The number of hydrogen-bond donors (Lipinski definition) is 1. The molecular weight excluding hydrogens is 234 g/mol. The summed E-state index contributed by atoms with van der Waals surface area (Å²) >= 11 is 0. The summed E-state index contributed by atoms with van der Waals surface area (Å²) in [5, 5.41) is 3.55. The van der Waals surface area contributed by atoms with E-state index in [1.165, 1.54) is 44.1 Å². The van der Waals surface area contributed by atoms with Crippen LogP contribution < -0.4 is 10.1 Å². The SMILES string of the molecule is CNC1CCCCCC1CC1COc2ccccc21. The summed E-state index contributed by atoms with van der Waals surface area (Å²) in [6.45, 7) is 0.881. The molecule has 1 aliphatic heterocycles. The van der Waals surface area contributed by atoms with Crippen molar-refractivity contribution in [2.24, 2.45) is 5.92 Å². The molecule has 0 radical (unpaired) electrons. The van der Waals surface area contributed by atoms with Gasteiger partial charge in [0.2, 0.25) is 0 Å². The number of benzene rings is 1. The Bertz CT molecular complexity index is 417. The van der Waals surface area contributed by atoms with Crippen LogP contribution in [0.1, 0.15) is 50.0 Å². The van der Waals surface area contributed by atoms with Crippen molar-refractivity contribution in [1.29, 1.82) is 0 Å². The van der Waals surface area contributed by atoms with Crippen LogP contribution in [0.2, 0.25) is 0 Å².